The lowest BCUT2D eigenvalue weighted by Crippen LogP contribution is -2.22. The standard InChI is InChI=1S/C2H4N3O2/c1-3-2(6)4-5-7/h1H3,(H,3,6). The van der Waals surface area contributed by atoms with E-state index in [4.69, 9.17) is 4.91 Å². The molecule has 0 aliphatic heterocycles. The summed E-state index contributed by atoms with van der Waals surface area (Å²) in [6, 6.07) is -0.727. The lowest BCUT2D eigenvalue weighted by atomic mass is 11.0. The highest BCUT2D eigenvalue weighted by molar-refractivity contribution is 5.72. The van der Waals surface area contributed by atoms with E-state index >= 15 is 0 Å². The molecule has 1 radical (unpaired) electrons. The van der Waals surface area contributed by atoms with Crippen LogP contribution < -0.4 is 10.7 Å². The molecule has 0 aromatic carbocycles. The van der Waals surface area contributed by atoms with Crippen LogP contribution in [0.1, 0.15) is 0 Å². The molecule has 0 saturated heterocycles. The van der Waals surface area contributed by atoms with Crippen molar-refractivity contribution in [3.63, 3.8) is 0 Å². The van der Waals surface area contributed by atoms with E-state index in [1.165, 1.54) is 7.05 Å². The second kappa shape index (κ2) is 3.08. The molecule has 2 amide bonds. The van der Waals surface area contributed by atoms with Crippen LogP contribution in [0, 0.1) is 4.91 Å². The molecule has 0 rings (SSSR count). The van der Waals surface area contributed by atoms with Crippen LogP contribution in [-0.4, -0.2) is 13.1 Å². The van der Waals surface area contributed by atoms with Gasteiger partial charge < -0.3 is 5.32 Å². The van der Waals surface area contributed by atoms with Crippen LogP contribution in [0.25, 0.3) is 0 Å². The molecule has 5 heteroatoms. The van der Waals surface area contributed by atoms with Gasteiger partial charge in [0, 0.05) is 7.05 Å². The van der Waals surface area contributed by atoms with E-state index in [1.807, 2.05) is 5.29 Å². The Morgan fingerprint density at radius 2 is 2.29 bits per heavy atom. The van der Waals surface area contributed by atoms with Crippen LogP contribution in [0.4, 0.5) is 4.79 Å². The van der Waals surface area contributed by atoms with Gasteiger partial charge in [-0.05, 0) is 0 Å². The zero-order chi connectivity index (χ0) is 5.70. The second-order valence-corrected chi connectivity index (χ2v) is 0.737. The van der Waals surface area contributed by atoms with Crippen molar-refractivity contribution < 1.29 is 4.79 Å². The highest BCUT2D eigenvalue weighted by Gasteiger charge is 1.92. The Bertz CT molecular complexity index is 81.0. The van der Waals surface area contributed by atoms with Crippen LogP contribution in [0.2, 0.25) is 0 Å². The minimum absolute atomic E-state index is 0.727. The maximum atomic E-state index is 9.84. The highest BCUT2D eigenvalue weighted by Crippen LogP contribution is 1.60. The van der Waals surface area contributed by atoms with Crippen molar-refractivity contribution in [1.82, 2.24) is 10.7 Å². The number of hydrogen-bond acceptors (Lipinski definition) is 3. The van der Waals surface area contributed by atoms with Crippen molar-refractivity contribution >= 4 is 6.03 Å². The molecular formula is C2H4N3O2. The van der Waals surface area contributed by atoms with Gasteiger partial charge in [-0.2, -0.15) is 0 Å². The van der Waals surface area contributed by atoms with Crippen molar-refractivity contribution in [2.24, 2.45) is 5.29 Å². The maximum Gasteiger partial charge on any atom is 0.362 e. The van der Waals surface area contributed by atoms with Gasteiger partial charge in [-0.15, -0.1) is 4.91 Å². The minimum atomic E-state index is -0.727. The van der Waals surface area contributed by atoms with Gasteiger partial charge in [0.15, 0.2) is 0 Å². The molecule has 5 nitrogen and oxygen atoms in total. The number of nitrogens with one attached hydrogen (secondary N) is 1. The average Bonchev–Trinajstić information content (AvgIpc) is 1.68. The van der Waals surface area contributed by atoms with Gasteiger partial charge in [-0.1, -0.05) is 5.43 Å². The normalized spacial score (nSPS) is 7.00. The predicted molar refractivity (Wildman–Crippen MR) is 22.4 cm³/mol. The third kappa shape index (κ3) is 2.68. The third-order valence-electron chi connectivity index (χ3n) is 0.346. The van der Waals surface area contributed by atoms with Crippen molar-refractivity contribution in [1.29, 1.82) is 0 Å². The number of carbonyl (C=O) groups excluding carboxylic acids is 1. The van der Waals surface area contributed by atoms with Crippen LogP contribution in [0.5, 0.6) is 0 Å². The van der Waals surface area contributed by atoms with Crippen molar-refractivity contribution in [2.45, 2.75) is 0 Å². The fourth-order valence-corrected chi connectivity index (χ4v) is 0.0871. The zero-order valence-corrected chi connectivity index (χ0v) is 3.71. The Morgan fingerprint density at radius 3 is 2.43 bits per heavy atom. The molecule has 0 aliphatic carbocycles. The SMILES string of the molecule is CNC(=O)[N]N=O. The summed E-state index contributed by atoms with van der Waals surface area (Å²) >= 11 is 0. The molecule has 0 aromatic heterocycles. The van der Waals surface area contributed by atoms with Gasteiger partial charge in [0.2, 0.25) is 0 Å². The zero-order valence-electron chi connectivity index (χ0n) is 3.71. The van der Waals surface area contributed by atoms with Crippen LogP contribution in [-0.2, 0) is 0 Å². The average molecular weight is 102 g/mol. The number of urea groups is 1. The van der Waals surface area contributed by atoms with E-state index in [1.54, 1.807) is 0 Å². The number of nitroso groups, excluding NO2 is 1. The lowest BCUT2D eigenvalue weighted by molar-refractivity contribution is 0.242. The van der Waals surface area contributed by atoms with Crippen molar-refractivity contribution in [3.8, 4) is 0 Å². The first-order chi connectivity index (χ1) is 3.31. The number of hydrogen-bond donors (Lipinski definition) is 1. The molecule has 0 atom stereocenters. The number of carbonyl (C=O) groups is 1. The molecule has 0 bridgehead atoms. The second-order valence-electron chi connectivity index (χ2n) is 0.737. The molecule has 7 heavy (non-hydrogen) atoms. The molecular weight excluding hydrogens is 98.0 g/mol. The lowest BCUT2D eigenvalue weighted by Gasteiger charge is -1.84. The maximum absolute atomic E-state index is 9.84. The molecule has 0 spiro atoms. The molecule has 0 saturated carbocycles. The van der Waals surface area contributed by atoms with E-state index in [2.05, 4.69) is 10.7 Å². The summed E-state index contributed by atoms with van der Waals surface area (Å²) in [4.78, 5) is 18.9. The first-order valence-corrected chi connectivity index (χ1v) is 1.56. The van der Waals surface area contributed by atoms with Crippen molar-refractivity contribution in [3.05, 3.63) is 4.91 Å². The Kier molecular flexibility index (Phi) is 2.58. The van der Waals surface area contributed by atoms with Crippen molar-refractivity contribution in [2.75, 3.05) is 7.05 Å². The van der Waals surface area contributed by atoms with Crippen LogP contribution >= 0.6 is 0 Å². The summed E-state index contributed by atoms with van der Waals surface area (Å²) in [7, 11) is 1.36. The third-order valence-corrected chi connectivity index (χ3v) is 0.346. The number of rotatable bonds is 1. The minimum Gasteiger partial charge on any atom is -0.338 e. The van der Waals surface area contributed by atoms with E-state index in [0.717, 1.165) is 0 Å². The molecule has 0 unspecified atom stereocenters. The molecule has 1 N–H and O–H groups in total. The van der Waals surface area contributed by atoms with E-state index < -0.39 is 6.03 Å². The molecule has 39 valence electrons. The topological polar surface area (TPSA) is 72.6 Å². The molecule has 0 fully saturated rings. The molecule has 0 aliphatic rings. The quantitative estimate of drug-likeness (QED) is 0.361. The Morgan fingerprint density at radius 1 is 1.71 bits per heavy atom. The van der Waals surface area contributed by atoms with Gasteiger partial charge in [0.1, 0.15) is 0 Å². The summed E-state index contributed by atoms with van der Waals surface area (Å²) in [5.41, 5.74) is 2.56. The Balaban J connectivity index is 3.17. The summed E-state index contributed by atoms with van der Waals surface area (Å²) in [6.45, 7) is 0. The monoisotopic (exact) mass is 102 g/mol. The molecule has 0 aromatic rings. The predicted octanol–water partition coefficient (Wildman–Crippen LogP) is -0.388. The summed E-state index contributed by atoms with van der Waals surface area (Å²) < 4.78 is 0. The van der Waals surface area contributed by atoms with Gasteiger partial charge in [0.05, 0.1) is 5.29 Å². The fourth-order valence-electron chi connectivity index (χ4n) is 0.0871. The summed E-state index contributed by atoms with van der Waals surface area (Å²) in [5, 5.41) is 4.04. The first-order valence-electron chi connectivity index (χ1n) is 1.56. The first kappa shape index (κ1) is 5.87. The van der Waals surface area contributed by atoms with Gasteiger partial charge in [-0.25, -0.2) is 4.79 Å². The smallest absolute Gasteiger partial charge is 0.338 e. The van der Waals surface area contributed by atoms with Crippen LogP contribution in [0.15, 0.2) is 5.29 Å². The van der Waals surface area contributed by atoms with E-state index in [-0.39, 0.29) is 0 Å². The molecule has 0 heterocycles. The van der Waals surface area contributed by atoms with Crippen LogP contribution in [0.3, 0.4) is 0 Å². The van der Waals surface area contributed by atoms with E-state index in [0.29, 0.717) is 0 Å². The van der Waals surface area contributed by atoms with Gasteiger partial charge >= 0.3 is 6.03 Å². The van der Waals surface area contributed by atoms with Gasteiger partial charge in [-0.3, -0.25) is 0 Å². The largest absolute Gasteiger partial charge is 0.362 e. The van der Waals surface area contributed by atoms with E-state index in [9.17, 15) is 4.79 Å². The highest BCUT2D eigenvalue weighted by atomic mass is 16.3. The Labute approximate surface area is 40.0 Å². The Hall–Kier alpha value is -1.13. The fraction of sp³-hybridized carbons (Fsp3) is 0.500. The summed E-state index contributed by atoms with van der Waals surface area (Å²) in [5.74, 6) is 0. The van der Waals surface area contributed by atoms with Gasteiger partial charge in [0.25, 0.3) is 0 Å². The number of nitrogens with zero attached hydrogens (tertiary/aromatic N) is 2. The number of amides is 2. The summed E-state index contributed by atoms with van der Waals surface area (Å²) in [6.07, 6.45) is 0.